The first kappa shape index (κ1) is 21.9. The molecular weight excluding hydrogens is 318 g/mol. The molecule has 5 heteroatoms. The van der Waals surface area contributed by atoms with Gasteiger partial charge < -0.3 is 4.74 Å². The highest BCUT2D eigenvalue weighted by atomic mass is 16.7. The van der Waals surface area contributed by atoms with Crippen LogP contribution in [0.5, 0.6) is 0 Å². The van der Waals surface area contributed by atoms with Crippen LogP contribution in [0.25, 0.3) is 0 Å². The van der Waals surface area contributed by atoms with Crippen LogP contribution in [0, 0.1) is 0 Å². The maximum absolute atomic E-state index is 11.9. The normalized spacial score (nSPS) is 23.2. The number of carbonyl (C=O) groups excluding carboxylic acids is 2. The van der Waals surface area contributed by atoms with E-state index in [9.17, 15) is 9.59 Å². The monoisotopic (exact) mass is 356 g/mol. The molecule has 1 rings (SSSR count). The number of hydrogen-bond donors (Lipinski definition) is 0. The first-order chi connectivity index (χ1) is 11.9. The molecule has 1 aliphatic rings. The Labute approximate surface area is 153 Å². The predicted molar refractivity (Wildman–Crippen MR) is 98.6 cm³/mol. The molecular formula is C20H38NO4+. The van der Waals surface area contributed by atoms with E-state index in [2.05, 4.69) is 6.92 Å². The van der Waals surface area contributed by atoms with Crippen molar-refractivity contribution in [2.24, 2.45) is 0 Å². The molecule has 0 aromatic carbocycles. The molecule has 0 bridgehead atoms. The van der Waals surface area contributed by atoms with Crippen LogP contribution in [0.1, 0.15) is 90.9 Å². The minimum Gasteiger partial charge on any atom is -0.462 e. The van der Waals surface area contributed by atoms with E-state index in [1.807, 2.05) is 7.05 Å². The van der Waals surface area contributed by atoms with Crippen molar-refractivity contribution in [3.8, 4) is 0 Å². The van der Waals surface area contributed by atoms with Crippen molar-refractivity contribution in [3.05, 3.63) is 0 Å². The summed E-state index contributed by atoms with van der Waals surface area (Å²) in [6, 6.07) is 0. The predicted octanol–water partition coefficient (Wildman–Crippen LogP) is 4.54. The highest BCUT2D eigenvalue weighted by Crippen LogP contribution is 2.21. The lowest BCUT2D eigenvalue weighted by atomic mass is 10.1. The van der Waals surface area contributed by atoms with Crippen molar-refractivity contribution < 1.29 is 23.8 Å². The van der Waals surface area contributed by atoms with E-state index in [0.717, 1.165) is 25.7 Å². The molecule has 0 aromatic rings. The second kappa shape index (κ2) is 12.3. The summed E-state index contributed by atoms with van der Waals surface area (Å²) in [5.74, 6) is -0.333. The first-order valence-corrected chi connectivity index (χ1v) is 10.2. The average Bonchev–Trinajstić information content (AvgIpc) is 2.55. The van der Waals surface area contributed by atoms with E-state index >= 15 is 0 Å². The molecule has 1 saturated heterocycles. The highest BCUT2D eigenvalue weighted by molar-refractivity contribution is 5.69. The molecule has 5 nitrogen and oxygen atoms in total. The van der Waals surface area contributed by atoms with Crippen molar-refractivity contribution in [2.75, 3.05) is 20.1 Å². The number of quaternary nitrogens is 1. The highest BCUT2D eigenvalue weighted by Gasteiger charge is 2.35. The molecule has 1 fully saturated rings. The van der Waals surface area contributed by atoms with E-state index in [4.69, 9.17) is 9.57 Å². The number of nitrogens with zero attached hydrogens (tertiary/aromatic N) is 1. The molecule has 0 N–H and O–H groups in total. The van der Waals surface area contributed by atoms with Crippen LogP contribution in [-0.4, -0.2) is 42.8 Å². The number of piperidine rings is 1. The first-order valence-electron chi connectivity index (χ1n) is 10.2. The van der Waals surface area contributed by atoms with Gasteiger partial charge in [-0.15, -0.1) is 4.65 Å². The molecule has 0 amide bonds. The molecule has 146 valence electrons. The van der Waals surface area contributed by atoms with Gasteiger partial charge in [0, 0.05) is 26.2 Å². The Bertz CT molecular complexity index is 389. The quantitative estimate of drug-likeness (QED) is 0.293. The summed E-state index contributed by atoms with van der Waals surface area (Å²) >= 11 is 0. The number of rotatable bonds is 12. The molecule has 25 heavy (non-hydrogen) atoms. The lowest BCUT2D eigenvalue weighted by molar-refractivity contribution is -1.08. The number of esters is 1. The van der Waals surface area contributed by atoms with Gasteiger partial charge >= 0.3 is 11.9 Å². The van der Waals surface area contributed by atoms with Crippen LogP contribution in [0.4, 0.5) is 0 Å². The van der Waals surface area contributed by atoms with Crippen molar-refractivity contribution in [3.63, 3.8) is 0 Å². The number of hydroxylamine groups is 3. The number of carbonyl (C=O) groups is 2. The largest absolute Gasteiger partial charge is 0.462 e. The Morgan fingerprint density at radius 2 is 1.44 bits per heavy atom. The Morgan fingerprint density at radius 1 is 0.920 bits per heavy atom. The zero-order valence-corrected chi connectivity index (χ0v) is 16.6. The molecule has 1 aliphatic heterocycles. The van der Waals surface area contributed by atoms with Crippen LogP contribution in [0.15, 0.2) is 0 Å². The van der Waals surface area contributed by atoms with Crippen LogP contribution >= 0.6 is 0 Å². The number of ether oxygens (including phenoxy) is 1. The van der Waals surface area contributed by atoms with Gasteiger partial charge in [-0.1, -0.05) is 58.3 Å². The summed E-state index contributed by atoms with van der Waals surface area (Å²) < 4.78 is 5.87. The SMILES string of the molecule is CCCCCCCCCCCC(=O)OC1CC[N+](C)(OC(C)=O)CC1. The fraction of sp³-hybridized carbons (Fsp3) is 0.900. The van der Waals surface area contributed by atoms with Gasteiger partial charge in [0.05, 0.1) is 0 Å². The smallest absolute Gasteiger partial charge is 0.363 e. The topological polar surface area (TPSA) is 52.6 Å². The second-order valence-electron chi connectivity index (χ2n) is 7.59. The maximum atomic E-state index is 11.9. The van der Waals surface area contributed by atoms with Crippen LogP contribution < -0.4 is 0 Å². The molecule has 1 heterocycles. The van der Waals surface area contributed by atoms with Crippen molar-refractivity contribution in [2.45, 2.75) is 97.0 Å². The molecule has 0 radical (unpaired) electrons. The van der Waals surface area contributed by atoms with E-state index < -0.39 is 0 Å². The Hall–Kier alpha value is -1.10. The summed E-state index contributed by atoms with van der Waals surface area (Å²) in [5, 5.41) is 0. The van der Waals surface area contributed by atoms with Gasteiger partial charge in [-0.3, -0.25) is 9.63 Å². The van der Waals surface area contributed by atoms with E-state index in [1.54, 1.807) is 0 Å². The molecule has 0 aliphatic carbocycles. The number of hydrogen-bond acceptors (Lipinski definition) is 4. The van der Waals surface area contributed by atoms with Gasteiger partial charge in [-0.2, -0.15) is 0 Å². The zero-order valence-electron chi connectivity index (χ0n) is 16.6. The third-order valence-electron chi connectivity index (χ3n) is 4.98. The minimum absolute atomic E-state index is 0.0205. The zero-order chi connectivity index (χ0) is 18.5. The summed E-state index contributed by atoms with van der Waals surface area (Å²) in [4.78, 5) is 28.4. The molecule has 0 spiro atoms. The maximum Gasteiger partial charge on any atom is 0.363 e. The number of likely N-dealkylation sites (tertiary alicyclic amines) is 1. The third-order valence-corrected chi connectivity index (χ3v) is 4.98. The van der Waals surface area contributed by atoms with Gasteiger partial charge in [0.2, 0.25) is 0 Å². The van der Waals surface area contributed by atoms with Gasteiger partial charge in [-0.05, 0) is 6.42 Å². The summed E-state index contributed by atoms with van der Waals surface area (Å²) in [5.41, 5.74) is 0. The summed E-state index contributed by atoms with van der Waals surface area (Å²) in [7, 11) is 1.90. The molecule has 0 aromatic heterocycles. The minimum atomic E-state index is -0.261. The Balaban J connectivity index is 2.01. The summed E-state index contributed by atoms with van der Waals surface area (Å²) in [6.45, 7) is 5.08. The van der Waals surface area contributed by atoms with Gasteiger partial charge in [-0.25, -0.2) is 4.79 Å². The van der Waals surface area contributed by atoms with E-state index in [1.165, 1.54) is 51.9 Å². The second-order valence-corrected chi connectivity index (χ2v) is 7.59. The van der Waals surface area contributed by atoms with Gasteiger partial charge in [0.25, 0.3) is 0 Å². The fourth-order valence-electron chi connectivity index (χ4n) is 3.43. The standard InChI is InChI=1S/C20H38NO4/c1-4-5-6-7-8-9-10-11-12-13-20(23)24-19-14-16-21(3,17-15-19)25-18(2)22/h19H,4-17H2,1-3H3/q+1. The van der Waals surface area contributed by atoms with Crippen LogP contribution in [0.2, 0.25) is 0 Å². The average molecular weight is 357 g/mol. The van der Waals surface area contributed by atoms with Crippen molar-refractivity contribution in [1.82, 2.24) is 0 Å². The van der Waals surface area contributed by atoms with E-state index in [-0.39, 0.29) is 18.0 Å². The molecule has 0 saturated carbocycles. The van der Waals surface area contributed by atoms with Gasteiger partial charge in [0.1, 0.15) is 26.2 Å². The van der Waals surface area contributed by atoms with Crippen LogP contribution in [-0.2, 0) is 19.2 Å². The molecule has 0 unspecified atom stereocenters. The Kier molecular flexibility index (Phi) is 10.8. The fourth-order valence-corrected chi connectivity index (χ4v) is 3.43. The molecule has 0 atom stereocenters. The number of unbranched alkanes of at least 4 members (excludes halogenated alkanes) is 8. The van der Waals surface area contributed by atoms with Gasteiger partial charge in [0.15, 0.2) is 0 Å². The van der Waals surface area contributed by atoms with Crippen molar-refractivity contribution >= 4 is 11.9 Å². The Morgan fingerprint density at radius 3 is 1.96 bits per heavy atom. The summed E-state index contributed by atoms with van der Waals surface area (Å²) in [6.07, 6.45) is 13.3. The lowest BCUT2D eigenvalue weighted by Crippen LogP contribution is -2.52. The third kappa shape index (κ3) is 10.5. The lowest BCUT2D eigenvalue weighted by Gasteiger charge is -2.36. The van der Waals surface area contributed by atoms with Crippen molar-refractivity contribution in [1.29, 1.82) is 0 Å². The van der Waals surface area contributed by atoms with E-state index in [0.29, 0.717) is 24.2 Å². The van der Waals surface area contributed by atoms with Crippen LogP contribution in [0.3, 0.4) is 0 Å².